The van der Waals surface area contributed by atoms with Crippen LogP contribution in [-0.2, 0) is 25.5 Å². The van der Waals surface area contributed by atoms with Crippen molar-refractivity contribution < 1.29 is 64.2 Å². The maximum Gasteiger partial charge on any atom is 0.229 e. The van der Waals surface area contributed by atoms with Crippen LogP contribution in [-0.4, -0.2) is 123 Å². The largest absolute Gasteiger partial charge is 0.493 e. The van der Waals surface area contributed by atoms with E-state index >= 15 is 0 Å². The predicted molar refractivity (Wildman–Crippen MR) is 154 cm³/mol. The molecule has 8 N–H and O–H groups in total. The standard InChI is InChI=1S/C30H47NO13/c1-16(2)8-6-4-5-7-9-22(34)31-13-17-10-11-18(19(12-17)40-3)41-30-28(26(38)24(36)21(15-33)43-30)44-29-27(39)25(37)23(35)20(14-32)42-29/h6,8,10-12,16,20-21,23-30,32-33,35-39H,4-5,7,9,13-15H2,1-3H3,(H,31,34)/b8-6+/t20-,21-,23-,24-,25+,26+,27-,28-,29+,30-/m1/s1. The van der Waals surface area contributed by atoms with Gasteiger partial charge in [-0.25, -0.2) is 0 Å². The fourth-order valence-electron chi connectivity index (χ4n) is 4.88. The van der Waals surface area contributed by atoms with Gasteiger partial charge in [0.2, 0.25) is 12.2 Å². The molecule has 0 bridgehead atoms. The lowest BCUT2D eigenvalue weighted by molar-refractivity contribution is -0.357. The molecule has 0 spiro atoms. The van der Waals surface area contributed by atoms with Crippen LogP contribution in [0.3, 0.4) is 0 Å². The van der Waals surface area contributed by atoms with E-state index in [1.165, 1.54) is 7.11 Å². The topological polar surface area (TPSA) is 217 Å². The predicted octanol–water partition coefficient (Wildman–Crippen LogP) is -0.913. The summed E-state index contributed by atoms with van der Waals surface area (Å²) in [6, 6.07) is 4.86. The molecule has 1 aromatic rings. The van der Waals surface area contributed by atoms with E-state index in [0.29, 0.717) is 17.9 Å². The molecule has 14 nitrogen and oxygen atoms in total. The number of benzene rings is 1. The molecule has 2 aliphatic heterocycles. The van der Waals surface area contributed by atoms with Gasteiger partial charge in [-0.15, -0.1) is 0 Å². The van der Waals surface area contributed by atoms with Gasteiger partial charge in [-0.05, 0) is 42.9 Å². The van der Waals surface area contributed by atoms with Crippen LogP contribution in [0.2, 0.25) is 0 Å². The van der Waals surface area contributed by atoms with Gasteiger partial charge < -0.3 is 64.7 Å². The third-order valence-electron chi connectivity index (χ3n) is 7.47. The molecule has 250 valence electrons. The van der Waals surface area contributed by atoms with Crippen molar-refractivity contribution in [1.29, 1.82) is 0 Å². The van der Waals surface area contributed by atoms with Gasteiger partial charge in [0.15, 0.2) is 23.9 Å². The van der Waals surface area contributed by atoms with Crippen molar-refractivity contribution in [2.45, 2.75) is 107 Å². The lowest BCUT2D eigenvalue weighted by atomic mass is 9.97. The summed E-state index contributed by atoms with van der Waals surface area (Å²) < 4.78 is 28.2. The Kier molecular flexibility index (Phi) is 14.2. The summed E-state index contributed by atoms with van der Waals surface area (Å²) >= 11 is 0. The number of carbonyl (C=O) groups excluding carboxylic acids is 1. The van der Waals surface area contributed by atoms with Crippen molar-refractivity contribution >= 4 is 5.91 Å². The minimum atomic E-state index is -1.79. The average molecular weight is 630 g/mol. The molecule has 1 aromatic carbocycles. The zero-order valence-electron chi connectivity index (χ0n) is 25.3. The molecule has 2 aliphatic rings. The lowest BCUT2D eigenvalue weighted by Gasteiger charge is -2.45. The second-order valence-corrected chi connectivity index (χ2v) is 11.3. The molecule has 2 heterocycles. The third kappa shape index (κ3) is 9.57. The number of unbranched alkanes of at least 4 members (excludes halogenated alkanes) is 2. The number of aliphatic hydroxyl groups excluding tert-OH is 7. The average Bonchev–Trinajstić information content (AvgIpc) is 3.01. The summed E-state index contributed by atoms with van der Waals surface area (Å²) in [5, 5.41) is 74.0. The molecule has 2 fully saturated rings. The molecule has 0 radical (unpaired) electrons. The Bertz CT molecular complexity index is 1050. The van der Waals surface area contributed by atoms with E-state index in [9.17, 15) is 40.5 Å². The van der Waals surface area contributed by atoms with E-state index in [1.54, 1.807) is 18.2 Å². The number of hydrogen-bond donors (Lipinski definition) is 8. The van der Waals surface area contributed by atoms with Crippen LogP contribution in [0.4, 0.5) is 0 Å². The van der Waals surface area contributed by atoms with Crippen LogP contribution in [0.5, 0.6) is 11.5 Å². The number of amides is 1. The van der Waals surface area contributed by atoms with Crippen LogP contribution >= 0.6 is 0 Å². The molecular weight excluding hydrogens is 582 g/mol. The van der Waals surface area contributed by atoms with Crippen LogP contribution in [0.15, 0.2) is 30.4 Å². The van der Waals surface area contributed by atoms with Gasteiger partial charge in [0.25, 0.3) is 0 Å². The van der Waals surface area contributed by atoms with Gasteiger partial charge in [-0.3, -0.25) is 4.79 Å². The van der Waals surface area contributed by atoms with Gasteiger partial charge in [-0.1, -0.05) is 32.1 Å². The first-order chi connectivity index (χ1) is 21.0. The van der Waals surface area contributed by atoms with Crippen LogP contribution in [0, 0.1) is 5.92 Å². The fraction of sp³-hybridized carbons (Fsp3) is 0.700. The van der Waals surface area contributed by atoms with E-state index in [2.05, 4.69) is 31.3 Å². The van der Waals surface area contributed by atoms with E-state index < -0.39 is 74.6 Å². The highest BCUT2D eigenvalue weighted by molar-refractivity contribution is 5.75. The minimum absolute atomic E-state index is 0.0801. The van der Waals surface area contributed by atoms with Gasteiger partial charge >= 0.3 is 0 Å². The quantitative estimate of drug-likeness (QED) is 0.0872. The van der Waals surface area contributed by atoms with E-state index in [0.717, 1.165) is 19.3 Å². The Labute approximate surface area is 256 Å². The molecule has 3 rings (SSSR count). The maximum absolute atomic E-state index is 12.3. The Morgan fingerprint density at radius 1 is 0.909 bits per heavy atom. The number of hydrogen-bond acceptors (Lipinski definition) is 13. The highest BCUT2D eigenvalue weighted by Crippen LogP contribution is 2.34. The Morgan fingerprint density at radius 2 is 1.57 bits per heavy atom. The maximum atomic E-state index is 12.3. The highest BCUT2D eigenvalue weighted by atomic mass is 16.8. The zero-order chi connectivity index (χ0) is 32.4. The summed E-state index contributed by atoms with van der Waals surface area (Å²) in [5.74, 6) is 0.795. The summed E-state index contributed by atoms with van der Waals surface area (Å²) in [7, 11) is 1.40. The number of ether oxygens (including phenoxy) is 5. The second-order valence-electron chi connectivity index (χ2n) is 11.3. The molecule has 14 heteroatoms. The second kappa shape index (κ2) is 17.4. The molecule has 0 aromatic heterocycles. The molecule has 0 saturated carbocycles. The van der Waals surface area contributed by atoms with E-state index in [-0.39, 0.29) is 24.0 Å². The van der Waals surface area contributed by atoms with Gasteiger partial charge in [0.1, 0.15) is 42.7 Å². The summed E-state index contributed by atoms with van der Waals surface area (Å²) in [6.07, 6.45) is -8.47. The smallest absolute Gasteiger partial charge is 0.229 e. The van der Waals surface area contributed by atoms with Crippen LogP contribution in [0.25, 0.3) is 0 Å². The van der Waals surface area contributed by atoms with Crippen molar-refractivity contribution in [2.24, 2.45) is 5.92 Å². The number of nitrogens with one attached hydrogen (secondary N) is 1. The Morgan fingerprint density at radius 3 is 2.20 bits per heavy atom. The first-order valence-corrected chi connectivity index (χ1v) is 14.9. The van der Waals surface area contributed by atoms with Gasteiger partial charge in [0.05, 0.1) is 20.3 Å². The molecule has 1 amide bonds. The summed E-state index contributed by atoms with van der Waals surface area (Å²) in [4.78, 5) is 12.3. The van der Waals surface area contributed by atoms with Crippen molar-refractivity contribution in [3.05, 3.63) is 35.9 Å². The van der Waals surface area contributed by atoms with Crippen molar-refractivity contribution in [3.8, 4) is 11.5 Å². The number of methoxy groups -OCH3 is 1. The molecule has 0 unspecified atom stereocenters. The normalized spacial score (nSPS) is 32.6. The molecule has 0 aliphatic carbocycles. The number of rotatable bonds is 15. The monoisotopic (exact) mass is 629 g/mol. The molecule has 10 atom stereocenters. The van der Waals surface area contributed by atoms with E-state index in [1.807, 2.05) is 0 Å². The first-order valence-electron chi connectivity index (χ1n) is 14.9. The van der Waals surface area contributed by atoms with Crippen LogP contribution < -0.4 is 14.8 Å². The van der Waals surface area contributed by atoms with Gasteiger partial charge in [0, 0.05) is 13.0 Å². The lowest BCUT2D eigenvalue weighted by Crippen LogP contribution is -2.65. The molecule has 44 heavy (non-hydrogen) atoms. The van der Waals surface area contributed by atoms with Crippen molar-refractivity contribution in [1.82, 2.24) is 5.32 Å². The number of allylic oxidation sites excluding steroid dienone is 2. The van der Waals surface area contributed by atoms with E-state index in [4.69, 9.17) is 23.7 Å². The highest BCUT2D eigenvalue weighted by Gasteiger charge is 2.51. The summed E-state index contributed by atoms with van der Waals surface area (Å²) in [5.41, 5.74) is 0.713. The zero-order valence-corrected chi connectivity index (χ0v) is 25.3. The van der Waals surface area contributed by atoms with Crippen molar-refractivity contribution in [3.63, 3.8) is 0 Å². The minimum Gasteiger partial charge on any atom is -0.493 e. The molecular formula is C30H47NO13. The third-order valence-corrected chi connectivity index (χ3v) is 7.47. The van der Waals surface area contributed by atoms with Crippen molar-refractivity contribution in [2.75, 3.05) is 20.3 Å². The number of aliphatic hydroxyl groups is 7. The first kappa shape index (κ1) is 36.1. The summed E-state index contributed by atoms with van der Waals surface area (Å²) in [6.45, 7) is 3.09. The fourth-order valence-corrected chi connectivity index (χ4v) is 4.88. The SMILES string of the molecule is COc1cc(CNC(=O)CCCC/C=C/C(C)C)ccc1O[C@@H]1O[C@H](CO)[C@@H](O)[C@H](O)[C@H]1O[C@@H]1O[C@H](CO)[C@@H](O)[C@H](O)[C@H]1O. The molecule has 2 saturated heterocycles. The Hall–Kier alpha value is -2.37. The Balaban J connectivity index is 1.67. The van der Waals surface area contributed by atoms with Crippen LogP contribution in [0.1, 0.15) is 45.1 Å². The number of carbonyl (C=O) groups is 1. The van der Waals surface area contributed by atoms with Gasteiger partial charge in [-0.2, -0.15) is 0 Å².